The molecule has 0 aliphatic carbocycles. The average Bonchev–Trinajstić information content (AvgIpc) is 3.07. The molecule has 0 aliphatic rings. The Balaban J connectivity index is 2.09. The number of aromatic nitrogens is 4. The third kappa shape index (κ3) is 5.50. The second-order valence-electron chi connectivity index (χ2n) is 5.58. The fourth-order valence-corrected chi connectivity index (χ4v) is 2.28. The van der Waals surface area contributed by atoms with Gasteiger partial charge in [0.2, 0.25) is 17.6 Å². The molecule has 8 nitrogen and oxygen atoms in total. The van der Waals surface area contributed by atoms with E-state index in [1.165, 1.54) is 17.0 Å². The molecule has 1 aromatic carbocycles. The summed E-state index contributed by atoms with van der Waals surface area (Å²) in [6.45, 7) is 3.88. The van der Waals surface area contributed by atoms with Gasteiger partial charge in [-0.2, -0.15) is 18.0 Å². The molecule has 1 heterocycles. The zero-order valence-corrected chi connectivity index (χ0v) is 14.8. The van der Waals surface area contributed by atoms with E-state index in [0.29, 0.717) is 13.1 Å². The summed E-state index contributed by atoms with van der Waals surface area (Å²) in [6.07, 6.45) is -4.48. The van der Waals surface area contributed by atoms with Gasteiger partial charge in [-0.15, -0.1) is 10.2 Å². The second kappa shape index (κ2) is 8.60. The van der Waals surface area contributed by atoms with Crippen molar-refractivity contribution in [2.24, 2.45) is 0 Å². The van der Waals surface area contributed by atoms with Gasteiger partial charge in [0.05, 0.1) is 12.1 Å². The molecule has 0 atom stereocenters. The minimum Gasteiger partial charge on any atom is -0.355 e. The van der Waals surface area contributed by atoms with Crippen LogP contribution in [0.4, 0.5) is 13.2 Å². The highest BCUT2D eigenvalue weighted by Gasteiger charge is 2.30. The third-order valence-electron chi connectivity index (χ3n) is 3.62. The number of carbonyl (C=O) groups excluding carboxylic acids is 2. The molecule has 27 heavy (non-hydrogen) atoms. The number of rotatable bonds is 7. The first-order chi connectivity index (χ1) is 12.7. The molecular formula is C16H19F3N6O2. The number of halogens is 3. The van der Waals surface area contributed by atoms with Crippen molar-refractivity contribution < 1.29 is 22.8 Å². The number of hydrogen-bond donors (Lipinski definition) is 1. The maximum atomic E-state index is 12.8. The van der Waals surface area contributed by atoms with Crippen LogP contribution in [0, 0.1) is 0 Å². The highest BCUT2D eigenvalue weighted by Crippen LogP contribution is 2.31. The monoisotopic (exact) mass is 384 g/mol. The number of carbonyl (C=O) groups is 2. The van der Waals surface area contributed by atoms with Crippen LogP contribution in [-0.4, -0.2) is 56.6 Å². The Labute approximate surface area is 153 Å². The van der Waals surface area contributed by atoms with E-state index in [2.05, 4.69) is 20.7 Å². The molecule has 0 radical (unpaired) electrons. The van der Waals surface area contributed by atoms with Crippen molar-refractivity contribution in [1.82, 2.24) is 30.4 Å². The van der Waals surface area contributed by atoms with Crippen LogP contribution < -0.4 is 5.32 Å². The van der Waals surface area contributed by atoms with Crippen LogP contribution in [0.15, 0.2) is 24.3 Å². The molecule has 1 aromatic heterocycles. The van der Waals surface area contributed by atoms with E-state index in [1.54, 1.807) is 13.8 Å². The maximum Gasteiger partial charge on any atom is 0.416 e. The van der Waals surface area contributed by atoms with Crippen molar-refractivity contribution in [3.8, 4) is 11.4 Å². The molecule has 0 aliphatic heterocycles. The van der Waals surface area contributed by atoms with Gasteiger partial charge in [-0.3, -0.25) is 9.59 Å². The highest BCUT2D eigenvalue weighted by atomic mass is 19.4. The largest absolute Gasteiger partial charge is 0.416 e. The molecule has 0 saturated heterocycles. The molecule has 2 rings (SSSR count). The second-order valence-corrected chi connectivity index (χ2v) is 5.58. The summed E-state index contributed by atoms with van der Waals surface area (Å²) in [4.78, 5) is 26.2. The van der Waals surface area contributed by atoms with Gasteiger partial charge in [-0.05, 0) is 31.2 Å². The van der Waals surface area contributed by atoms with Crippen LogP contribution in [0.25, 0.3) is 11.4 Å². The zero-order chi connectivity index (χ0) is 20.0. The molecule has 0 unspecified atom stereocenters. The number of nitrogens with one attached hydrogen (secondary N) is 1. The quantitative estimate of drug-likeness (QED) is 0.778. The molecule has 11 heteroatoms. The fraction of sp³-hybridized carbons (Fsp3) is 0.438. The van der Waals surface area contributed by atoms with E-state index in [4.69, 9.17) is 0 Å². The topological polar surface area (TPSA) is 93.0 Å². The number of amides is 2. The van der Waals surface area contributed by atoms with Crippen molar-refractivity contribution in [2.75, 3.05) is 19.6 Å². The Hall–Kier alpha value is -2.98. The van der Waals surface area contributed by atoms with E-state index < -0.39 is 17.6 Å². The summed E-state index contributed by atoms with van der Waals surface area (Å²) in [5.74, 6) is -0.721. The lowest BCUT2D eigenvalue weighted by Gasteiger charge is -2.19. The van der Waals surface area contributed by atoms with E-state index in [0.717, 1.165) is 16.9 Å². The molecule has 1 N–H and O–H groups in total. The summed E-state index contributed by atoms with van der Waals surface area (Å²) in [5.41, 5.74) is -0.690. The zero-order valence-electron chi connectivity index (χ0n) is 14.8. The molecular weight excluding hydrogens is 365 g/mol. The summed E-state index contributed by atoms with van der Waals surface area (Å²) < 4.78 is 38.4. The lowest BCUT2D eigenvalue weighted by Crippen LogP contribution is -2.42. The van der Waals surface area contributed by atoms with E-state index >= 15 is 0 Å². The van der Waals surface area contributed by atoms with Crippen LogP contribution in [0.1, 0.15) is 19.4 Å². The van der Waals surface area contributed by atoms with Gasteiger partial charge >= 0.3 is 6.18 Å². The molecule has 0 saturated carbocycles. The number of hydrogen-bond acceptors (Lipinski definition) is 5. The minimum absolute atomic E-state index is 0.0272. The summed E-state index contributed by atoms with van der Waals surface area (Å²) in [6, 6.07) is 4.52. The fourth-order valence-electron chi connectivity index (χ4n) is 2.28. The Morgan fingerprint density at radius 3 is 2.63 bits per heavy atom. The minimum atomic E-state index is -4.48. The van der Waals surface area contributed by atoms with Gasteiger partial charge in [0.1, 0.15) is 6.54 Å². The Morgan fingerprint density at radius 2 is 2.00 bits per heavy atom. The molecule has 2 aromatic rings. The van der Waals surface area contributed by atoms with Crippen LogP contribution in [-0.2, 0) is 22.3 Å². The molecule has 2 amide bonds. The van der Waals surface area contributed by atoms with Gasteiger partial charge in [0.15, 0.2) is 0 Å². The van der Waals surface area contributed by atoms with Crippen LogP contribution in [0.3, 0.4) is 0 Å². The van der Waals surface area contributed by atoms with Gasteiger partial charge in [0.25, 0.3) is 0 Å². The SMILES string of the molecule is CCNC(=O)CN(CC)C(=O)Cn1nnc(-c2cccc(C(F)(F)F)c2)n1. The van der Waals surface area contributed by atoms with Crippen molar-refractivity contribution in [2.45, 2.75) is 26.6 Å². The highest BCUT2D eigenvalue weighted by molar-refractivity contribution is 5.84. The number of nitrogens with zero attached hydrogens (tertiary/aromatic N) is 5. The molecule has 146 valence electrons. The van der Waals surface area contributed by atoms with Gasteiger partial charge in [-0.1, -0.05) is 12.1 Å². The first-order valence-electron chi connectivity index (χ1n) is 8.24. The van der Waals surface area contributed by atoms with Crippen LogP contribution in [0.2, 0.25) is 0 Å². The smallest absolute Gasteiger partial charge is 0.355 e. The summed E-state index contributed by atoms with van der Waals surface area (Å²) in [7, 11) is 0. The first kappa shape index (κ1) is 20.3. The van der Waals surface area contributed by atoms with Crippen LogP contribution >= 0.6 is 0 Å². The third-order valence-corrected chi connectivity index (χ3v) is 3.62. The lowest BCUT2D eigenvalue weighted by molar-refractivity contribution is -0.137. The maximum absolute atomic E-state index is 12.8. The van der Waals surface area contributed by atoms with Crippen molar-refractivity contribution in [3.05, 3.63) is 29.8 Å². The summed E-state index contributed by atoms with van der Waals surface area (Å²) in [5, 5.41) is 14.0. The van der Waals surface area contributed by atoms with Crippen LogP contribution in [0.5, 0.6) is 0 Å². The average molecular weight is 384 g/mol. The van der Waals surface area contributed by atoms with Crippen molar-refractivity contribution in [1.29, 1.82) is 0 Å². The van der Waals surface area contributed by atoms with E-state index in [-0.39, 0.29) is 30.4 Å². The Kier molecular flexibility index (Phi) is 6.48. The normalized spacial score (nSPS) is 11.3. The van der Waals surface area contributed by atoms with Crippen molar-refractivity contribution in [3.63, 3.8) is 0 Å². The number of benzene rings is 1. The van der Waals surface area contributed by atoms with Gasteiger partial charge < -0.3 is 10.2 Å². The summed E-state index contributed by atoms with van der Waals surface area (Å²) >= 11 is 0. The number of alkyl halides is 3. The van der Waals surface area contributed by atoms with Crippen molar-refractivity contribution >= 4 is 11.8 Å². The lowest BCUT2D eigenvalue weighted by atomic mass is 10.1. The molecule has 0 fully saturated rings. The standard InChI is InChI=1S/C16H19F3N6O2/c1-3-20-13(26)9-24(4-2)14(27)10-25-22-15(21-23-25)11-6-5-7-12(8-11)16(17,18)19/h5-8H,3-4,9-10H2,1-2H3,(H,20,26). The Morgan fingerprint density at radius 1 is 1.26 bits per heavy atom. The Bertz CT molecular complexity index is 805. The molecule has 0 bridgehead atoms. The molecule has 0 spiro atoms. The van der Waals surface area contributed by atoms with Gasteiger partial charge in [0, 0.05) is 18.7 Å². The van der Waals surface area contributed by atoms with E-state index in [1.807, 2.05) is 0 Å². The predicted molar refractivity (Wildman–Crippen MR) is 89.2 cm³/mol. The van der Waals surface area contributed by atoms with E-state index in [9.17, 15) is 22.8 Å². The number of likely N-dealkylation sites (N-methyl/N-ethyl adjacent to an activating group) is 2. The predicted octanol–water partition coefficient (Wildman–Crippen LogP) is 1.34. The first-order valence-corrected chi connectivity index (χ1v) is 8.24. The van der Waals surface area contributed by atoms with Gasteiger partial charge in [-0.25, -0.2) is 0 Å². The number of tetrazole rings is 1.